The fourth-order valence-corrected chi connectivity index (χ4v) is 6.21. The number of rotatable bonds is 12. The minimum absolute atomic E-state index is 0.262. The molecule has 1 aromatic heterocycles. The molecule has 5 nitrogen and oxygen atoms in total. The van der Waals surface area contributed by atoms with Crippen LogP contribution in [0, 0.1) is 0 Å². The maximum Gasteiger partial charge on any atom is 0.152 e. The van der Waals surface area contributed by atoms with E-state index >= 15 is 0 Å². The number of aryl methyl sites for hydroxylation is 2. The van der Waals surface area contributed by atoms with Crippen molar-refractivity contribution in [3.63, 3.8) is 0 Å². The molecule has 2 aromatic carbocycles. The average Bonchev–Trinajstić information content (AvgIpc) is 3.37. The number of pyridine rings is 1. The molecule has 0 spiro atoms. The van der Waals surface area contributed by atoms with Gasteiger partial charge in [0.1, 0.15) is 0 Å². The van der Waals surface area contributed by atoms with E-state index in [9.17, 15) is 0 Å². The van der Waals surface area contributed by atoms with Gasteiger partial charge >= 0.3 is 0 Å². The van der Waals surface area contributed by atoms with Gasteiger partial charge in [0, 0.05) is 36.0 Å². The molecule has 2 heterocycles. The maximum absolute atomic E-state index is 6.02. The summed E-state index contributed by atoms with van der Waals surface area (Å²) in [6.07, 6.45) is 10.3. The molecule has 0 saturated carbocycles. The highest BCUT2D eigenvalue weighted by molar-refractivity contribution is 6.01. The minimum Gasteiger partial charge on any atom is -0.404 e. The third-order valence-electron chi connectivity index (χ3n) is 8.55. The lowest BCUT2D eigenvalue weighted by Gasteiger charge is -2.30. The molecule has 210 valence electrons. The van der Waals surface area contributed by atoms with Crippen molar-refractivity contribution in [1.82, 2.24) is 10.3 Å². The van der Waals surface area contributed by atoms with E-state index in [0.29, 0.717) is 5.92 Å². The fourth-order valence-electron chi connectivity index (χ4n) is 6.21. The molecule has 1 fully saturated rings. The van der Waals surface area contributed by atoms with E-state index in [4.69, 9.17) is 15.7 Å². The standard InChI is InChI=1S/C35H45N5/c1-4-7-8-11-26(21-36)31(6-3)39-34-15-10-14-32(40-34)30-13-9-12-25-16-19-33(35(25)30)38-28-17-18-29(24(5-2)20-28)27-22-37-23-27/h9-10,12-15,17-18,20-21,27,33,37-38H,4-8,11,16,19,22-23,36H2,1-3H3. The number of nitrogens with one attached hydrogen (secondary N) is 2. The van der Waals surface area contributed by atoms with Crippen molar-refractivity contribution in [3.05, 3.63) is 88.6 Å². The molecule has 2 aliphatic rings. The predicted molar refractivity (Wildman–Crippen MR) is 170 cm³/mol. The monoisotopic (exact) mass is 535 g/mol. The van der Waals surface area contributed by atoms with Crippen LogP contribution in [0.15, 0.2) is 71.4 Å². The molecule has 0 radical (unpaired) electrons. The Kier molecular flexibility index (Phi) is 9.33. The summed E-state index contributed by atoms with van der Waals surface area (Å²) in [6.45, 7) is 8.82. The smallest absolute Gasteiger partial charge is 0.152 e. The van der Waals surface area contributed by atoms with Gasteiger partial charge in [-0.2, -0.15) is 0 Å². The van der Waals surface area contributed by atoms with Crippen LogP contribution >= 0.6 is 0 Å². The zero-order valence-electron chi connectivity index (χ0n) is 24.5. The number of anilines is 1. The molecule has 1 unspecified atom stereocenters. The number of aliphatic imine (C=N–C) groups is 1. The van der Waals surface area contributed by atoms with Crippen LogP contribution in [0.3, 0.4) is 0 Å². The van der Waals surface area contributed by atoms with Gasteiger partial charge in [0.15, 0.2) is 5.82 Å². The van der Waals surface area contributed by atoms with E-state index < -0.39 is 0 Å². The van der Waals surface area contributed by atoms with Crippen LogP contribution in [-0.4, -0.2) is 23.8 Å². The Labute approximate surface area is 240 Å². The number of nitrogens with zero attached hydrogens (tertiary/aromatic N) is 2. The second-order valence-corrected chi connectivity index (χ2v) is 11.2. The van der Waals surface area contributed by atoms with E-state index in [2.05, 4.69) is 79.9 Å². The normalized spacial score (nSPS) is 17.5. The van der Waals surface area contributed by atoms with E-state index in [1.54, 1.807) is 6.20 Å². The summed E-state index contributed by atoms with van der Waals surface area (Å²) < 4.78 is 0. The van der Waals surface area contributed by atoms with Gasteiger partial charge < -0.3 is 16.4 Å². The van der Waals surface area contributed by atoms with Crippen LogP contribution in [-0.2, 0) is 12.8 Å². The average molecular weight is 536 g/mol. The summed E-state index contributed by atoms with van der Waals surface area (Å²) in [5.74, 6) is 1.41. The van der Waals surface area contributed by atoms with Gasteiger partial charge in [-0.1, -0.05) is 63.9 Å². The van der Waals surface area contributed by atoms with Gasteiger partial charge in [0.25, 0.3) is 0 Å². The van der Waals surface area contributed by atoms with Gasteiger partial charge in [0.2, 0.25) is 0 Å². The number of nitrogens with two attached hydrogens (primary N) is 1. The Bertz CT molecular complexity index is 1370. The summed E-state index contributed by atoms with van der Waals surface area (Å²) in [7, 11) is 0. The van der Waals surface area contributed by atoms with Crippen LogP contribution in [0.4, 0.5) is 11.5 Å². The molecule has 1 atom stereocenters. The molecule has 1 aliphatic carbocycles. The maximum atomic E-state index is 6.02. The SMILES string of the molecule is CCCCCC(=CN)C(CC)=Nc1cccc(-c2cccc3c2C(Nc2ccc(C4CNC4)c(CC)c2)CC3)n1. The van der Waals surface area contributed by atoms with Crippen molar-refractivity contribution in [1.29, 1.82) is 0 Å². The molecule has 0 bridgehead atoms. The second-order valence-electron chi connectivity index (χ2n) is 11.2. The molecule has 40 heavy (non-hydrogen) atoms. The topological polar surface area (TPSA) is 75.3 Å². The quantitative estimate of drug-likeness (QED) is 0.162. The molecule has 1 saturated heterocycles. The van der Waals surface area contributed by atoms with Crippen LogP contribution in [0.5, 0.6) is 0 Å². The first-order valence-corrected chi connectivity index (χ1v) is 15.3. The van der Waals surface area contributed by atoms with E-state index in [1.807, 2.05) is 6.07 Å². The molecular weight excluding hydrogens is 490 g/mol. The molecule has 5 heteroatoms. The Hall–Kier alpha value is -3.44. The zero-order chi connectivity index (χ0) is 27.9. The van der Waals surface area contributed by atoms with Crippen molar-refractivity contribution in [2.45, 2.75) is 84.1 Å². The Morgan fingerprint density at radius 3 is 2.65 bits per heavy atom. The summed E-state index contributed by atoms with van der Waals surface area (Å²) in [5.41, 5.74) is 17.3. The highest BCUT2D eigenvalue weighted by Gasteiger charge is 2.27. The van der Waals surface area contributed by atoms with Crippen molar-refractivity contribution < 1.29 is 0 Å². The Balaban J connectivity index is 1.41. The highest BCUT2D eigenvalue weighted by atomic mass is 15.0. The Morgan fingerprint density at radius 2 is 1.93 bits per heavy atom. The highest BCUT2D eigenvalue weighted by Crippen LogP contribution is 2.41. The van der Waals surface area contributed by atoms with Crippen LogP contribution in [0.25, 0.3) is 11.3 Å². The summed E-state index contributed by atoms with van der Waals surface area (Å²) in [4.78, 5) is 10.0. The molecular formula is C35H45N5. The van der Waals surface area contributed by atoms with E-state index in [1.165, 1.54) is 46.3 Å². The van der Waals surface area contributed by atoms with Gasteiger partial charge in [-0.25, -0.2) is 9.98 Å². The minimum atomic E-state index is 0.262. The van der Waals surface area contributed by atoms with Crippen molar-refractivity contribution in [2.24, 2.45) is 10.7 Å². The lowest BCUT2D eigenvalue weighted by molar-refractivity contribution is 0.446. The van der Waals surface area contributed by atoms with Gasteiger partial charge in [0.05, 0.1) is 11.7 Å². The summed E-state index contributed by atoms with van der Waals surface area (Å²) in [6, 6.07) is 20.1. The number of benzene rings is 2. The van der Waals surface area contributed by atoms with Crippen LogP contribution < -0.4 is 16.4 Å². The number of hydrogen-bond donors (Lipinski definition) is 3. The van der Waals surface area contributed by atoms with Gasteiger partial charge in [-0.15, -0.1) is 0 Å². The van der Waals surface area contributed by atoms with Crippen LogP contribution in [0.2, 0.25) is 0 Å². The lowest BCUT2D eigenvalue weighted by atomic mass is 9.88. The lowest BCUT2D eigenvalue weighted by Crippen LogP contribution is -2.40. The third kappa shape index (κ3) is 6.15. The van der Waals surface area contributed by atoms with Crippen LogP contribution in [0.1, 0.15) is 93.5 Å². The van der Waals surface area contributed by atoms with Gasteiger partial charge in [-0.05, 0) is 96.8 Å². The summed E-state index contributed by atoms with van der Waals surface area (Å²) >= 11 is 0. The molecule has 0 amide bonds. The number of fused-ring (bicyclic) bond motifs is 1. The molecule has 4 N–H and O–H groups in total. The Morgan fingerprint density at radius 1 is 1.07 bits per heavy atom. The number of allylic oxidation sites excluding steroid dienone is 1. The van der Waals surface area contributed by atoms with Crippen molar-refractivity contribution in [2.75, 3.05) is 18.4 Å². The van der Waals surface area contributed by atoms with Crippen molar-refractivity contribution in [3.8, 4) is 11.3 Å². The molecule has 1 aliphatic heterocycles. The predicted octanol–water partition coefficient (Wildman–Crippen LogP) is 8.00. The fraction of sp³-hybridized carbons (Fsp3) is 0.429. The third-order valence-corrected chi connectivity index (χ3v) is 8.55. The van der Waals surface area contributed by atoms with E-state index in [0.717, 1.165) is 74.4 Å². The number of hydrogen-bond acceptors (Lipinski definition) is 5. The second kappa shape index (κ2) is 13.3. The molecule has 3 aromatic rings. The van der Waals surface area contributed by atoms with Gasteiger partial charge in [-0.3, -0.25) is 0 Å². The molecule has 5 rings (SSSR count). The zero-order valence-corrected chi connectivity index (χ0v) is 24.5. The number of unbranched alkanes of at least 4 members (excludes halogenated alkanes) is 2. The largest absolute Gasteiger partial charge is 0.404 e. The first-order chi connectivity index (χ1) is 19.6. The first kappa shape index (κ1) is 28.1. The summed E-state index contributed by atoms with van der Waals surface area (Å²) in [5, 5.41) is 7.31. The van der Waals surface area contributed by atoms with Crippen molar-refractivity contribution >= 4 is 17.2 Å². The first-order valence-electron chi connectivity index (χ1n) is 15.3. The number of aromatic nitrogens is 1. The van der Waals surface area contributed by atoms with E-state index in [-0.39, 0.29) is 6.04 Å².